The van der Waals surface area contributed by atoms with Gasteiger partial charge in [-0.25, -0.2) is 0 Å². The Hall–Kier alpha value is -1.87. The van der Waals surface area contributed by atoms with Gasteiger partial charge >= 0.3 is 0 Å². The lowest BCUT2D eigenvalue weighted by molar-refractivity contribution is 0.440. The maximum Gasteiger partial charge on any atom is 0.120 e. The van der Waals surface area contributed by atoms with E-state index in [0.717, 1.165) is 18.5 Å². The van der Waals surface area contributed by atoms with Crippen molar-refractivity contribution in [3.63, 3.8) is 0 Å². The monoisotopic (exact) mass is 256 g/mol. The fourth-order valence-corrected chi connectivity index (χ4v) is 2.17. The van der Waals surface area contributed by atoms with Crippen LogP contribution in [0.4, 0.5) is 0 Å². The molecule has 2 N–H and O–H groups in total. The van der Waals surface area contributed by atoms with E-state index in [1.54, 1.807) is 12.3 Å². The standard InChI is InChI=1S/C16H20N2O/c1-3-15(14-6-4-5-7-16(14)19)18-11-13-10-17-9-8-12(13)2/h4-10,15,18-19H,3,11H2,1-2H3. The predicted octanol–water partition coefficient (Wildman–Crippen LogP) is 3.34. The van der Waals surface area contributed by atoms with E-state index in [2.05, 4.69) is 24.1 Å². The van der Waals surface area contributed by atoms with Gasteiger partial charge in [0.05, 0.1) is 0 Å². The molecule has 1 heterocycles. The van der Waals surface area contributed by atoms with Gasteiger partial charge in [0, 0.05) is 30.5 Å². The molecule has 0 amide bonds. The first kappa shape index (κ1) is 13.6. The van der Waals surface area contributed by atoms with E-state index < -0.39 is 0 Å². The molecule has 19 heavy (non-hydrogen) atoms. The van der Waals surface area contributed by atoms with E-state index in [4.69, 9.17) is 0 Å². The van der Waals surface area contributed by atoms with Crippen LogP contribution < -0.4 is 5.32 Å². The van der Waals surface area contributed by atoms with Gasteiger partial charge in [-0.1, -0.05) is 25.1 Å². The normalized spacial score (nSPS) is 12.3. The van der Waals surface area contributed by atoms with Crippen LogP contribution in [0, 0.1) is 6.92 Å². The molecule has 1 atom stereocenters. The molecule has 1 aromatic heterocycles. The molecule has 3 heteroatoms. The zero-order valence-electron chi connectivity index (χ0n) is 11.4. The molecule has 0 saturated heterocycles. The van der Waals surface area contributed by atoms with Crippen LogP contribution in [0.15, 0.2) is 42.7 Å². The van der Waals surface area contributed by atoms with Crippen LogP contribution in [0.25, 0.3) is 0 Å². The van der Waals surface area contributed by atoms with Gasteiger partial charge < -0.3 is 10.4 Å². The number of benzene rings is 1. The average Bonchev–Trinajstić information content (AvgIpc) is 2.43. The van der Waals surface area contributed by atoms with Crippen LogP contribution in [-0.4, -0.2) is 10.1 Å². The highest BCUT2D eigenvalue weighted by Crippen LogP contribution is 2.26. The van der Waals surface area contributed by atoms with E-state index in [9.17, 15) is 5.11 Å². The maximum absolute atomic E-state index is 9.91. The summed E-state index contributed by atoms with van der Waals surface area (Å²) in [6.07, 6.45) is 4.62. The summed E-state index contributed by atoms with van der Waals surface area (Å²) < 4.78 is 0. The number of aryl methyl sites for hydroxylation is 1. The topological polar surface area (TPSA) is 45.2 Å². The Morgan fingerprint density at radius 1 is 1.26 bits per heavy atom. The van der Waals surface area contributed by atoms with Crippen LogP contribution in [0.2, 0.25) is 0 Å². The molecule has 1 unspecified atom stereocenters. The molecule has 0 spiro atoms. The number of phenols is 1. The van der Waals surface area contributed by atoms with Crippen molar-refractivity contribution in [1.29, 1.82) is 0 Å². The fraction of sp³-hybridized carbons (Fsp3) is 0.312. The van der Waals surface area contributed by atoms with Crippen LogP contribution in [0.1, 0.15) is 36.1 Å². The van der Waals surface area contributed by atoms with E-state index >= 15 is 0 Å². The van der Waals surface area contributed by atoms with E-state index in [-0.39, 0.29) is 6.04 Å². The number of nitrogens with one attached hydrogen (secondary N) is 1. The van der Waals surface area contributed by atoms with E-state index in [1.165, 1.54) is 11.1 Å². The van der Waals surface area contributed by atoms with Crippen molar-refractivity contribution < 1.29 is 5.11 Å². The Kier molecular flexibility index (Phi) is 4.53. The molecular weight excluding hydrogens is 236 g/mol. The smallest absolute Gasteiger partial charge is 0.120 e. The van der Waals surface area contributed by atoms with E-state index in [1.807, 2.05) is 30.5 Å². The Morgan fingerprint density at radius 3 is 2.74 bits per heavy atom. The number of rotatable bonds is 5. The Bertz CT molecular complexity index is 540. The lowest BCUT2D eigenvalue weighted by Crippen LogP contribution is -2.20. The molecule has 1 aromatic carbocycles. The van der Waals surface area contributed by atoms with Crippen molar-refractivity contribution in [1.82, 2.24) is 10.3 Å². The first-order valence-corrected chi connectivity index (χ1v) is 6.63. The second kappa shape index (κ2) is 6.34. The third-order valence-electron chi connectivity index (χ3n) is 3.41. The Morgan fingerprint density at radius 2 is 2.05 bits per heavy atom. The largest absolute Gasteiger partial charge is 0.508 e. The van der Waals surface area contributed by atoms with Gasteiger partial charge in [0.1, 0.15) is 5.75 Å². The molecule has 100 valence electrons. The van der Waals surface area contributed by atoms with Crippen molar-refractivity contribution in [3.05, 3.63) is 59.4 Å². The van der Waals surface area contributed by atoms with Gasteiger partial charge in [-0.15, -0.1) is 0 Å². The van der Waals surface area contributed by atoms with Gasteiger partial charge in [0.2, 0.25) is 0 Å². The second-order valence-corrected chi connectivity index (χ2v) is 4.70. The van der Waals surface area contributed by atoms with Gasteiger partial charge in [0.15, 0.2) is 0 Å². The summed E-state index contributed by atoms with van der Waals surface area (Å²) in [4.78, 5) is 4.15. The average molecular weight is 256 g/mol. The van der Waals surface area contributed by atoms with E-state index in [0.29, 0.717) is 5.75 Å². The van der Waals surface area contributed by atoms with Gasteiger partial charge in [0.25, 0.3) is 0 Å². The molecule has 0 aliphatic heterocycles. The lowest BCUT2D eigenvalue weighted by Gasteiger charge is -2.19. The number of aromatic nitrogens is 1. The zero-order chi connectivity index (χ0) is 13.7. The van der Waals surface area contributed by atoms with Crippen molar-refractivity contribution in [2.45, 2.75) is 32.9 Å². The first-order chi connectivity index (χ1) is 9.22. The molecular formula is C16H20N2O. The quantitative estimate of drug-likeness (QED) is 0.862. The number of phenolic OH excluding ortho intramolecular Hbond substituents is 1. The second-order valence-electron chi connectivity index (χ2n) is 4.70. The van der Waals surface area contributed by atoms with Crippen LogP contribution in [0.5, 0.6) is 5.75 Å². The molecule has 0 aliphatic rings. The zero-order valence-corrected chi connectivity index (χ0v) is 11.4. The molecule has 0 fully saturated rings. The minimum absolute atomic E-state index is 0.154. The third kappa shape index (κ3) is 3.32. The number of hydrogen-bond acceptors (Lipinski definition) is 3. The van der Waals surface area contributed by atoms with Gasteiger partial charge in [-0.3, -0.25) is 4.98 Å². The molecule has 2 rings (SSSR count). The van der Waals surface area contributed by atoms with Crippen molar-refractivity contribution in [3.8, 4) is 5.75 Å². The number of nitrogens with zero attached hydrogens (tertiary/aromatic N) is 1. The number of para-hydroxylation sites is 1. The first-order valence-electron chi connectivity index (χ1n) is 6.63. The van der Waals surface area contributed by atoms with Crippen LogP contribution in [0.3, 0.4) is 0 Å². The molecule has 2 aromatic rings. The summed E-state index contributed by atoms with van der Waals surface area (Å²) in [7, 11) is 0. The molecule has 0 bridgehead atoms. The fourth-order valence-electron chi connectivity index (χ4n) is 2.17. The number of pyridine rings is 1. The minimum atomic E-state index is 0.154. The summed E-state index contributed by atoms with van der Waals surface area (Å²) >= 11 is 0. The van der Waals surface area contributed by atoms with Crippen LogP contribution in [-0.2, 0) is 6.54 Å². The highest BCUT2D eigenvalue weighted by molar-refractivity contribution is 5.34. The molecule has 3 nitrogen and oxygen atoms in total. The van der Waals surface area contributed by atoms with Gasteiger partial charge in [-0.05, 0) is 36.6 Å². The number of hydrogen-bond donors (Lipinski definition) is 2. The molecule has 0 saturated carbocycles. The highest BCUT2D eigenvalue weighted by Gasteiger charge is 2.12. The Labute approximate surface area is 114 Å². The Balaban J connectivity index is 2.09. The van der Waals surface area contributed by atoms with Gasteiger partial charge in [-0.2, -0.15) is 0 Å². The number of aromatic hydroxyl groups is 1. The lowest BCUT2D eigenvalue weighted by atomic mass is 10.0. The van der Waals surface area contributed by atoms with Crippen molar-refractivity contribution in [2.75, 3.05) is 0 Å². The summed E-state index contributed by atoms with van der Waals surface area (Å²) in [5, 5.41) is 13.4. The van der Waals surface area contributed by atoms with Crippen LogP contribution >= 0.6 is 0 Å². The van der Waals surface area contributed by atoms with Crippen molar-refractivity contribution >= 4 is 0 Å². The predicted molar refractivity (Wildman–Crippen MR) is 77.0 cm³/mol. The highest BCUT2D eigenvalue weighted by atomic mass is 16.3. The summed E-state index contributed by atoms with van der Waals surface area (Å²) in [5.41, 5.74) is 3.37. The third-order valence-corrected chi connectivity index (χ3v) is 3.41. The summed E-state index contributed by atoms with van der Waals surface area (Å²) in [6.45, 7) is 4.95. The summed E-state index contributed by atoms with van der Waals surface area (Å²) in [5.74, 6) is 0.352. The minimum Gasteiger partial charge on any atom is -0.508 e. The maximum atomic E-state index is 9.91. The molecule has 0 radical (unpaired) electrons. The van der Waals surface area contributed by atoms with Crippen molar-refractivity contribution in [2.24, 2.45) is 0 Å². The summed E-state index contributed by atoms with van der Waals surface area (Å²) in [6, 6.07) is 9.66. The SMILES string of the molecule is CCC(NCc1cnccc1C)c1ccccc1O. The molecule has 0 aliphatic carbocycles.